The summed E-state index contributed by atoms with van der Waals surface area (Å²) in [6, 6.07) is 14.0. The highest BCUT2D eigenvalue weighted by atomic mass is 35.5. The van der Waals surface area contributed by atoms with Crippen molar-refractivity contribution in [1.29, 1.82) is 0 Å². The first-order valence-electron chi connectivity index (χ1n) is 7.98. The first kappa shape index (κ1) is 16.5. The van der Waals surface area contributed by atoms with Gasteiger partial charge in [0.15, 0.2) is 0 Å². The minimum Gasteiger partial charge on any atom is -0.327 e. The zero-order valence-electron chi connectivity index (χ0n) is 13.5. The maximum atomic E-state index is 12.7. The van der Waals surface area contributed by atoms with Crippen molar-refractivity contribution in [2.45, 2.75) is 25.8 Å². The number of carbonyl (C=O) groups is 2. The van der Waals surface area contributed by atoms with Gasteiger partial charge in [-0.25, -0.2) is 0 Å². The average Bonchev–Trinajstić information content (AvgIpc) is 3.04. The molecule has 24 heavy (non-hydrogen) atoms. The molecule has 0 radical (unpaired) electrons. The smallest absolute Gasteiger partial charge is 0.254 e. The molecule has 1 aliphatic rings. The lowest BCUT2D eigenvalue weighted by Crippen LogP contribution is -2.43. The summed E-state index contributed by atoms with van der Waals surface area (Å²) >= 11 is 5.87. The Kier molecular flexibility index (Phi) is 4.86. The van der Waals surface area contributed by atoms with Crippen LogP contribution in [0.4, 0.5) is 5.69 Å². The second-order valence-corrected chi connectivity index (χ2v) is 6.46. The summed E-state index contributed by atoms with van der Waals surface area (Å²) in [5.41, 5.74) is 2.38. The van der Waals surface area contributed by atoms with Crippen LogP contribution < -0.4 is 5.32 Å². The van der Waals surface area contributed by atoms with E-state index in [0.29, 0.717) is 23.6 Å². The number of benzene rings is 2. The van der Waals surface area contributed by atoms with Crippen LogP contribution in [-0.2, 0) is 4.79 Å². The third kappa shape index (κ3) is 3.60. The Morgan fingerprint density at radius 1 is 1.17 bits per heavy atom. The van der Waals surface area contributed by atoms with Crippen molar-refractivity contribution in [3.8, 4) is 0 Å². The number of hydrogen-bond acceptors (Lipinski definition) is 2. The fourth-order valence-corrected chi connectivity index (χ4v) is 3.12. The van der Waals surface area contributed by atoms with Crippen LogP contribution in [-0.4, -0.2) is 29.3 Å². The zero-order chi connectivity index (χ0) is 17.1. The van der Waals surface area contributed by atoms with Gasteiger partial charge in [-0.15, -0.1) is 0 Å². The van der Waals surface area contributed by atoms with Gasteiger partial charge < -0.3 is 10.2 Å². The molecule has 124 valence electrons. The molecule has 0 unspecified atom stereocenters. The van der Waals surface area contributed by atoms with Crippen molar-refractivity contribution in [3.63, 3.8) is 0 Å². The molecule has 0 saturated carbocycles. The number of hydrogen-bond donors (Lipinski definition) is 1. The molecule has 2 aromatic rings. The van der Waals surface area contributed by atoms with Gasteiger partial charge in [-0.2, -0.15) is 0 Å². The quantitative estimate of drug-likeness (QED) is 0.919. The normalized spacial score (nSPS) is 16.9. The van der Waals surface area contributed by atoms with E-state index in [1.54, 1.807) is 29.2 Å². The highest BCUT2D eigenvalue weighted by molar-refractivity contribution is 6.30. The fraction of sp³-hybridized carbons (Fsp3) is 0.263. The molecular weight excluding hydrogens is 324 g/mol. The van der Waals surface area contributed by atoms with Crippen LogP contribution in [0.5, 0.6) is 0 Å². The first-order valence-corrected chi connectivity index (χ1v) is 8.36. The summed E-state index contributed by atoms with van der Waals surface area (Å²) in [7, 11) is 0. The predicted molar refractivity (Wildman–Crippen MR) is 95.3 cm³/mol. The maximum absolute atomic E-state index is 12.7. The number of likely N-dealkylation sites (tertiary alicyclic amines) is 1. The third-order valence-corrected chi connectivity index (χ3v) is 4.45. The molecule has 1 heterocycles. The average molecular weight is 343 g/mol. The first-order chi connectivity index (χ1) is 11.5. The van der Waals surface area contributed by atoms with Crippen molar-refractivity contribution in [2.24, 2.45) is 0 Å². The van der Waals surface area contributed by atoms with Crippen molar-refractivity contribution in [1.82, 2.24) is 4.90 Å². The van der Waals surface area contributed by atoms with Crippen LogP contribution in [0.25, 0.3) is 0 Å². The fourth-order valence-electron chi connectivity index (χ4n) is 2.99. The minimum absolute atomic E-state index is 0.131. The lowest BCUT2D eigenvalue weighted by molar-refractivity contribution is -0.119. The number of nitrogens with zero attached hydrogens (tertiary/aromatic N) is 1. The van der Waals surface area contributed by atoms with Crippen molar-refractivity contribution >= 4 is 29.1 Å². The number of aryl methyl sites for hydroxylation is 1. The number of nitrogens with one attached hydrogen (secondary N) is 1. The molecule has 0 bridgehead atoms. The second-order valence-electron chi connectivity index (χ2n) is 6.02. The van der Waals surface area contributed by atoms with E-state index >= 15 is 0 Å². The number of carbonyl (C=O) groups excluding carboxylic acids is 2. The van der Waals surface area contributed by atoms with E-state index in [1.807, 2.05) is 31.2 Å². The maximum Gasteiger partial charge on any atom is 0.254 e. The van der Waals surface area contributed by atoms with Gasteiger partial charge in [-0.1, -0.05) is 23.7 Å². The highest BCUT2D eigenvalue weighted by Gasteiger charge is 2.34. The summed E-state index contributed by atoms with van der Waals surface area (Å²) in [5.74, 6) is -0.269. The largest absolute Gasteiger partial charge is 0.327 e. The molecule has 3 rings (SSSR count). The van der Waals surface area contributed by atoms with Gasteiger partial charge in [-0.3, -0.25) is 9.59 Å². The predicted octanol–water partition coefficient (Wildman–Crippen LogP) is 3.89. The number of amides is 2. The van der Waals surface area contributed by atoms with Gasteiger partial charge in [0.25, 0.3) is 5.91 Å². The third-order valence-electron chi connectivity index (χ3n) is 4.19. The van der Waals surface area contributed by atoms with Crippen molar-refractivity contribution < 1.29 is 9.59 Å². The van der Waals surface area contributed by atoms with Gasteiger partial charge in [0.05, 0.1) is 0 Å². The summed E-state index contributed by atoms with van der Waals surface area (Å²) in [4.78, 5) is 26.9. The Hall–Kier alpha value is -2.33. The van der Waals surface area contributed by atoms with E-state index in [0.717, 1.165) is 17.7 Å². The van der Waals surface area contributed by atoms with Crippen LogP contribution in [0.3, 0.4) is 0 Å². The molecule has 4 nitrogen and oxygen atoms in total. The standard InChI is InChI=1S/C19H19ClN2O2/c1-13-4-2-5-16(12-13)21-18(23)17-6-3-11-22(17)19(24)14-7-9-15(20)10-8-14/h2,4-5,7-10,12,17H,3,6,11H2,1H3,(H,21,23)/t17-/m0/s1. The summed E-state index contributed by atoms with van der Waals surface area (Å²) in [5, 5.41) is 3.50. The van der Waals surface area contributed by atoms with E-state index in [9.17, 15) is 9.59 Å². The minimum atomic E-state index is -0.436. The molecular formula is C19H19ClN2O2. The van der Waals surface area contributed by atoms with Gasteiger partial charge >= 0.3 is 0 Å². The topological polar surface area (TPSA) is 49.4 Å². The molecule has 0 aliphatic carbocycles. The van der Waals surface area contributed by atoms with Crippen LogP contribution >= 0.6 is 11.6 Å². The summed E-state index contributed by atoms with van der Waals surface area (Å²) in [6.07, 6.45) is 1.50. The number of anilines is 1. The van der Waals surface area contributed by atoms with E-state index in [1.165, 1.54) is 0 Å². The molecule has 0 spiro atoms. The SMILES string of the molecule is Cc1cccc(NC(=O)[C@@H]2CCCN2C(=O)c2ccc(Cl)cc2)c1. The van der Waals surface area contributed by atoms with Gasteiger partial charge in [0, 0.05) is 22.8 Å². The van der Waals surface area contributed by atoms with Crippen molar-refractivity contribution in [2.75, 3.05) is 11.9 Å². The summed E-state index contributed by atoms with van der Waals surface area (Å²) < 4.78 is 0. The highest BCUT2D eigenvalue weighted by Crippen LogP contribution is 2.22. The Morgan fingerprint density at radius 3 is 2.62 bits per heavy atom. The molecule has 5 heteroatoms. The molecule has 1 aliphatic heterocycles. The van der Waals surface area contributed by atoms with Gasteiger partial charge in [0.1, 0.15) is 6.04 Å². The molecule has 1 saturated heterocycles. The zero-order valence-corrected chi connectivity index (χ0v) is 14.2. The molecule has 0 aromatic heterocycles. The lowest BCUT2D eigenvalue weighted by atomic mass is 10.1. The van der Waals surface area contributed by atoms with Crippen LogP contribution in [0.1, 0.15) is 28.8 Å². The molecule has 1 fully saturated rings. The van der Waals surface area contributed by atoms with E-state index < -0.39 is 6.04 Å². The van der Waals surface area contributed by atoms with Crippen molar-refractivity contribution in [3.05, 3.63) is 64.7 Å². The van der Waals surface area contributed by atoms with E-state index in [-0.39, 0.29) is 11.8 Å². The van der Waals surface area contributed by atoms with Gasteiger partial charge in [0.2, 0.25) is 5.91 Å². The lowest BCUT2D eigenvalue weighted by Gasteiger charge is -2.24. The Morgan fingerprint density at radius 2 is 1.92 bits per heavy atom. The number of halogens is 1. The van der Waals surface area contributed by atoms with Crippen LogP contribution in [0.15, 0.2) is 48.5 Å². The number of rotatable bonds is 3. The van der Waals surface area contributed by atoms with E-state index in [2.05, 4.69) is 5.32 Å². The molecule has 2 amide bonds. The monoisotopic (exact) mass is 342 g/mol. The summed E-state index contributed by atoms with van der Waals surface area (Å²) in [6.45, 7) is 2.56. The van der Waals surface area contributed by atoms with E-state index in [4.69, 9.17) is 11.6 Å². The molecule has 2 aromatic carbocycles. The Labute approximate surface area is 146 Å². The second kappa shape index (κ2) is 7.05. The molecule has 1 atom stereocenters. The van der Waals surface area contributed by atoms with Gasteiger partial charge in [-0.05, 0) is 61.7 Å². The van der Waals surface area contributed by atoms with Crippen LogP contribution in [0.2, 0.25) is 5.02 Å². The molecule has 1 N–H and O–H groups in total. The van der Waals surface area contributed by atoms with Crippen LogP contribution in [0, 0.1) is 6.92 Å². The Balaban J connectivity index is 1.73. The Bertz CT molecular complexity index is 758.